The first kappa shape index (κ1) is 13.1. The van der Waals surface area contributed by atoms with Crippen LogP contribution in [0.5, 0.6) is 0 Å². The number of nitrogens with zero attached hydrogens (tertiary/aromatic N) is 1. The summed E-state index contributed by atoms with van der Waals surface area (Å²) in [4.78, 5) is 2.43. The van der Waals surface area contributed by atoms with Crippen molar-refractivity contribution in [1.82, 2.24) is 0 Å². The molecule has 2 fully saturated rings. The molecule has 1 saturated heterocycles. The molecule has 1 aromatic rings. The summed E-state index contributed by atoms with van der Waals surface area (Å²) in [5, 5.41) is 0.791. The van der Waals surface area contributed by atoms with Gasteiger partial charge >= 0.3 is 0 Å². The summed E-state index contributed by atoms with van der Waals surface area (Å²) in [6.45, 7) is 2.28. The van der Waals surface area contributed by atoms with Crippen LogP contribution in [0.1, 0.15) is 44.9 Å². The number of halogens is 1. The first-order chi connectivity index (χ1) is 9.19. The van der Waals surface area contributed by atoms with E-state index in [0.29, 0.717) is 5.41 Å². The maximum atomic E-state index is 6.32. The molecule has 104 valence electrons. The third-order valence-corrected chi connectivity index (χ3v) is 5.35. The lowest BCUT2D eigenvalue weighted by atomic mass is 9.68. The lowest BCUT2D eigenvalue weighted by molar-refractivity contribution is 0.144. The van der Waals surface area contributed by atoms with Crippen LogP contribution in [0.4, 0.5) is 11.4 Å². The average Bonchev–Trinajstić information content (AvgIpc) is 2.41. The highest BCUT2D eigenvalue weighted by Crippen LogP contribution is 2.45. The molecule has 19 heavy (non-hydrogen) atoms. The Morgan fingerprint density at radius 1 is 1.00 bits per heavy atom. The van der Waals surface area contributed by atoms with Crippen LogP contribution in [-0.4, -0.2) is 13.1 Å². The van der Waals surface area contributed by atoms with Crippen LogP contribution < -0.4 is 10.6 Å². The molecule has 1 aliphatic heterocycles. The van der Waals surface area contributed by atoms with E-state index >= 15 is 0 Å². The number of anilines is 2. The van der Waals surface area contributed by atoms with Crippen molar-refractivity contribution < 1.29 is 0 Å². The summed E-state index contributed by atoms with van der Waals surface area (Å²) >= 11 is 6.32. The third kappa shape index (κ3) is 2.69. The Labute approximate surface area is 120 Å². The molecule has 3 rings (SSSR count). The number of hydrogen-bond acceptors (Lipinski definition) is 2. The minimum Gasteiger partial charge on any atom is -0.399 e. The van der Waals surface area contributed by atoms with E-state index in [1.165, 1.54) is 44.9 Å². The third-order valence-electron chi connectivity index (χ3n) is 5.05. The van der Waals surface area contributed by atoms with Gasteiger partial charge in [-0.25, -0.2) is 0 Å². The quantitative estimate of drug-likeness (QED) is 0.768. The van der Waals surface area contributed by atoms with E-state index in [4.69, 9.17) is 17.3 Å². The highest BCUT2D eigenvalue weighted by molar-refractivity contribution is 6.33. The summed E-state index contributed by atoms with van der Waals surface area (Å²) in [7, 11) is 0. The van der Waals surface area contributed by atoms with Gasteiger partial charge in [0, 0.05) is 18.8 Å². The molecule has 1 spiro atoms. The van der Waals surface area contributed by atoms with Crippen LogP contribution in [0.25, 0.3) is 0 Å². The molecule has 2 aliphatic rings. The molecule has 0 aromatic heterocycles. The second kappa shape index (κ2) is 5.24. The van der Waals surface area contributed by atoms with E-state index in [0.717, 1.165) is 29.5 Å². The molecule has 1 saturated carbocycles. The number of nitrogens with two attached hydrogens (primary N) is 1. The van der Waals surface area contributed by atoms with Crippen molar-refractivity contribution in [2.75, 3.05) is 23.7 Å². The van der Waals surface area contributed by atoms with E-state index < -0.39 is 0 Å². The zero-order valence-electron chi connectivity index (χ0n) is 11.5. The average molecular weight is 279 g/mol. The van der Waals surface area contributed by atoms with Gasteiger partial charge in [-0.15, -0.1) is 0 Å². The molecule has 0 bridgehead atoms. The van der Waals surface area contributed by atoms with E-state index in [2.05, 4.69) is 11.0 Å². The molecular formula is C16H23ClN2. The van der Waals surface area contributed by atoms with Gasteiger partial charge in [0.05, 0.1) is 10.7 Å². The van der Waals surface area contributed by atoms with Gasteiger partial charge in [0.1, 0.15) is 0 Å². The van der Waals surface area contributed by atoms with Gasteiger partial charge in [-0.05, 0) is 49.3 Å². The lowest BCUT2D eigenvalue weighted by Gasteiger charge is -2.45. The second-order valence-corrected chi connectivity index (χ2v) is 6.67. The monoisotopic (exact) mass is 278 g/mol. The Morgan fingerprint density at radius 2 is 1.68 bits per heavy atom. The zero-order valence-corrected chi connectivity index (χ0v) is 12.3. The second-order valence-electron chi connectivity index (χ2n) is 6.26. The predicted molar refractivity (Wildman–Crippen MR) is 82.8 cm³/mol. The highest BCUT2D eigenvalue weighted by Gasteiger charge is 2.35. The molecule has 0 radical (unpaired) electrons. The van der Waals surface area contributed by atoms with Gasteiger partial charge in [0.25, 0.3) is 0 Å². The molecule has 1 heterocycles. The van der Waals surface area contributed by atoms with Crippen molar-refractivity contribution in [2.24, 2.45) is 5.41 Å². The Kier molecular flexibility index (Phi) is 3.62. The van der Waals surface area contributed by atoms with Gasteiger partial charge in [-0.3, -0.25) is 0 Å². The minimum atomic E-state index is 0.648. The van der Waals surface area contributed by atoms with Crippen LogP contribution in [0.2, 0.25) is 5.02 Å². The van der Waals surface area contributed by atoms with Crippen molar-refractivity contribution >= 4 is 23.0 Å². The first-order valence-electron chi connectivity index (χ1n) is 7.49. The number of piperidine rings is 1. The largest absolute Gasteiger partial charge is 0.399 e. The normalized spacial score (nSPS) is 22.7. The Hall–Kier alpha value is -0.890. The van der Waals surface area contributed by atoms with Crippen LogP contribution in [0, 0.1) is 5.41 Å². The van der Waals surface area contributed by atoms with Gasteiger partial charge in [0.2, 0.25) is 0 Å². The Morgan fingerprint density at radius 3 is 2.32 bits per heavy atom. The maximum absolute atomic E-state index is 6.32. The summed E-state index contributed by atoms with van der Waals surface area (Å²) in [6.07, 6.45) is 9.84. The minimum absolute atomic E-state index is 0.648. The number of benzene rings is 1. The lowest BCUT2D eigenvalue weighted by Crippen LogP contribution is -2.41. The zero-order chi connectivity index (χ0) is 13.3. The van der Waals surface area contributed by atoms with Crippen molar-refractivity contribution in [3.8, 4) is 0 Å². The van der Waals surface area contributed by atoms with E-state index in [1.807, 2.05) is 12.1 Å². The topological polar surface area (TPSA) is 29.3 Å². The maximum Gasteiger partial charge on any atom is 0.0660 e. The summed E-state index contributed by atoms with van der Waals surface area (Å²) in [5.74, 6) is 0. The highest BCUT2D eigenvalue weighted by atomic mass is 35.5. The summed E-state index contributed by atoms with van der Waals surface area (Å²) < 4.78 is 0. The van der Waals surface area contributed by atoms with Crippen LogP contribution in [0.3, 0.4) is 0 Å². The van der Waals surface area contributed by atoms with E-state index in [9.17, 15) is 0 Å². The smallest absolute Gasteiger partial charge is 0.0660 e. The van der Waals surface area contributed by atoms with Crippen molar-refractivity contribution in [3.05, 3.63) is 23.2 Å². The fraction of sp³-hybridized carbons (Fsp3) is 0.625. The first-order valence-corrected chi connectivity index (χ1v) is 7.86. The summed E-state index contributed by atoms with van der Waals surface area (Å²) in [5.41, 5.74) is 8.31. The molecule has 1 aromatic carbocycles. The van der Waals surface area contributed by atoms with Gasteiger partial charge in [-0.1, -0.05) is 30.9 Å². The van der Waals surface area contributed by atoms with Gasteiger partial charge in [-0.2, -0.15) is 0 Å². The predicted octanol–water partition coefficient (Wildman–Crippen LogP) is 4.47. The van der Waals surface area contributed by atoms with Gasteiger partial charge in [0.15, 0.2) is 0 Å². The van der Waals surface area contributed by atoms with Crippen molar-refractivity contribution in [3.63, 3.8) is 0 Å². The molecule has 0 amide bonds. The SMILES string of the molecule is Nc1ccc(N2CCC3(CCCCC3)CC2)c(Cl)c1. The molecular weight excluding hydrogens is 256 g/mol. The van der Waals surface area contributed by atoms with Crippen LogP contribution in [0.15, 0.2) is 18.2 Å². The van der Waals surface area contributed by atoms with Gasteiger partial charge < -0.3 is 10.6 Å². The molecule has 1 aliphatic carbocycles. The fourth-order valence-electron chi connectivity index (χ4n) is 3.80. The molecule has 0 atom stereocenters. The Balaban J connectivity index is 1.69. The number of hydrogen-bond donors (Lipinski definition) is 1. The van der Waals surface area contributed by atoms with Crippen molar-refractivity contribution in [2.45, 2.75) is 44.9 Å². The molecule has 2 N–H and O–H groups in total. The Bertz CT molecular complexity index is 442. The number of rotatable bonds is 1. The number of nitrogen functional groups attached to an aromatic ring is 1. The van der Waals surface area contributed by atoms with Crippen molar-refractivity contribution in [1.29, 1.82) is 0 Å². The van der Waals surface area contributed by atoms with Crippen LogP contribution in [-0.2, 0) is 0 Å². The standard InChI is InChI=1S/C16H23ClN2/c17-14-12-13(18)4-5-15(14)19-10-8-16(9-11-19)6-2-1-3-7-16/h4-5,12H,1-3,6-11,18H2. The fourth-order valence-corrected chi connectivity index (χ4v) is 4.11. The van der Waals surface area contributed by atoms with E-state index in [1.54, 1.807) is 0 Å². The van der Waals surface area contributed by atoms with E-state index in [-0.39, 0.29) is 0 Å². The molecule has 0 unspecified atom stereocenters. The molecule has 3 heteroatoms. The molecule has 2 nitrogen and oxygen atoms in total. The van der Waals surface area contributed by atoms with Crippen LogP contribution >= 0.6 is 11.6 Å². The summed E-state index contributed by atoms with van der Waals surface area (Å²) in [6, 6.07) is 5.88.